The molecule has 0 saturated heterocycles. The van der Waals surface area contributed by atoms with Crippen molar-refractivity contribution in [3.05, 3.63) is 0 Å². The van der Waals surface area contributed by atoms with Gasteiger partial charge in [0.15, 0.2) is 12.2 Å². The average Bonchev–Trinajstić information content (AvgIpc) is 1.15. The molecule has 0 radical (unpaired) electrons. The van der Waals surface area contributed by atoms with Crippen molar-refractivity contribution in [3.63, 3.8) is 0 Å². The summed E-state index contributed by atoms with van der Waals surface area (Å²) in [5.74, 6) is -0.552. The molecule has 0 saturated carbocycles. The summed E-state index contributed by atoms with van der Waals surface area (Å²) in [6, 6.07) is 0. The van der Waals surface area contributed by atoms with Gasteiger partial charge in [-0.05, 0) is 37.5 Å². The van der Waals surface area contributed by atoms with Gasteiger partial charge in [0.25, 0.3) is 0 Å². The molecule has 3 N–H and O–H groups in total. The number of phosphoric ester groups is 2. The van der Waals surface area contributed by atoms with Crippen LogP contribution in [-0.2, 0) is 65.4 Å². The number of esters is 4. The highest BCUT2D eigenvalue weighted by Crippen LogP contribution is 2.45. The van der Waals surface area contributed by atoms with Crippen molar-refractivity contribution in [2.24, 2.45) is 11.8 Å². The van der Waals surface area contributed by atoms with Crippen LogP contribution >= 0.6 is 15.6 Å². The van der Waals surface area contributed by atoms with Gasteiger partial charge >= 0.3 is 39.5 Å². The molecule has 17 nitrogen and oxygen atoms in total. The number of unbranched alkanes of at least 4 members (excludes halogenated alkanes) is 47. The molecule has 0 amide bonds. The molecule has 0 heterocycles. The minimum absolute atomic E-state index is 0.105. The lowest BCUT2D eigenvalue weighted by molar-refractivity contribution is -0.161. The minimum Gasteiger partial charge on any atom is -0.462 e. The fourth-order valence-electron chi connectivity index (χ4n) is 12.2. The Hall–Kier alpha value is -1.94. The van der Waals surface area contributed by atoms with Gasteiger partial charge in [-0.3, -0.25) is 37.3 Å². The molecule has 0 aromatic rings. The van der Waals surface area contributed by atoms with Crippen LogP contribution in [0.1, 0.15) is 414 Å². The van der Waals surface area contributed by atoms with Crippen LogP contribution in [0.15, 0.2) is 0 Å². The molecule has 19 heteroatoms. The molecule has 3 unspecified atom stereocenters. The molecule has 6 atom stereocenters. The molecule has 0 aliphatic carbocycles. The quantitative estimate of drug-likeness (QED) is 0.0222. The van der Waals surface area contributed by atoms with Crippen LogP contribution in [0.25, 0.3) is 0 Å². The van der Waals surface area contributed by atoms with Crippen molar-refractivity contribution < 1.29 is 80.2 Å². The summed E-state index contributed by atoms with van der Waals surface area (Å²) in [4.78, 5) is 72.9. The predicted molar refractivity (Wildman–Crippen MR) is 400 cm³/mol. The first kappa shape index (κ1) is 96.1. The van der Waals surface area contributed by atoms with E-state index in [1.165, 1.54) is 231 Å². The number of aliphatic hydroxyl groups is 1. The molecule has 0 aliphatic rings. The lowest BCUT2D eigenvalue weighted by atomic mass is 9.99. The largest absolute Gasteiger partial charge is 0.472 e. The Morgan fingerprint density at radius 1 is 0.296 bits per heavy atom. The van der Waals surface area contributed by atoms with Crippen LogP contribution in [0.2, 0.25) is 0 Å². The Morgan fingerprint density at radius 2 is 0.520 bits per heavy atom. The van der Waals surface area contributed by atoms with Crippen LogP contribution < -0.4 is 0 Å². The maximum absolute atomic E-state index is 13.1. The van der Waals surface area contributed by atoms with E-state index >= 15 is 0 Å². The van der Waals surface area contributed by atoms with E-state index in [0.29, 0.717) is 25.7 Å². The van der Waals surface area contributed by atoms with Crippen LogP contribution in [0.3, 0.4) is 0 Å². The third-order valence-electron chi connectivity index (χ3n) is 18.8. The fourth-order valence-corrected chi connectivity index (χ4v) is 13.7. The molecule has 582 valence electrons. The summed E-state index contributed by atoms with van der Waals surface area (Å²) < 4.78 is 68.6. The summed E-state index contributed by atoms with van der Waals surface area (Å²) in [6.45, 7) is 9.62. The number of aliphatic hydroxyl groups excluding tert-OH is 1. The first-order valence-electron chi connectivity index (χ1n) is 41.0. The number of ether oxygens (including phenoxy) is 4. The van der Waals surface area contributed by atoms with Gasteiger partial charge in [0.05, 0.1) is 26.4 Å². The van der Waals surface area contributed by atoms with Crippen LogP contribution in [0.4, 0.5) is 0 Å². The number of hydrogen-bond acceptors (Lipinski definition) is 15. The fraction of sp³-hybridized carbons (Fsp3) is 0.949. The molecule has 0 aromatic carbocycles. The monoisotopic (exact) mass is 1440 g/mol. The van der Waals surface area contributed by atoms with E-state index in [1.54, 1.807) is 0 Å². The molecule has 0 bridgehead atoms. The van der Waals surface area contributed by atoms with E-state index in [9.17, 15) is 43.2 Å². The van der Waals surface area contributed by atoms with Gasteiger partial charge in [0.2, 0.25) is 0 Å². The third-order valence-corrected chi connectivity index (χ3v) is 20.7. The minimum atomic E-state index is -4.96. The smallest absolute Gasteiger partial charge is 0.462 e. The molecule has 0 fully saturated rings. The summed E-state index contributed by atoms with van der Waals surface area (Å²) >= 11 is 0. The highest BCUT2D eigenvalue weighted by molar-refractivity contribution is 7.47. The number of rotatable bonds is 78. The topological polar surface area (TPSA) is 237 Å². The lowest BCUT2D eigenvalue weighted by Gasteiger charge is -2.21. The van der Waals surface area contributed by atoms with Crippen molar-refractivity contribution >= 4 is 39.5 Å². The second-order valence-electron chi connectivity index (χ2n) is 29.2. The Bertz CT molecular complexity index is 1890. The number of carbonyl (C=O) groups excluding carboxylic acids is 4. The van der Waals surface area contributed by atoms with E-state index in [4.69, 9.17) is 37.0 Å². The zero-order chi connectivity index (χ0) is 72.1. The summed E-state index contributed by atoms with van der Waals surface area (Å²) in [5, 5.41) is 10.6. The molecule has 0 spiro atoms. The summed E-state index contributed by atoms with van der Waals surface area (Å²) in [5.41, 5.74) is 0. The van der Waals surface area contributed by atoms with Crippen molar-refractivity contribution in [1.29, 1.82) is 0 Å². The molecule has 98 heavy (non-hydrogen) atoms. The normalized spacial score (nSPS) is 14.2. The van der Waals surface area contributed by atoms with E-state index in [2.05, 4.69) is 41.5 Å². The van der Waals surface area contributed by atoms with Gasteiger partial charge in [-0.25, -0.2) is 9.13 Å². The Balaban J connectivity index is 5.23. The maximum Gasteiger partial charge on any atom is 0.472 e. The predicted octanol–water partition coefficient (Wildman–Crippen LogP) is 23.5. The second-order valence-corrected chi connectivity index (χ2v) is 32.1. The first-order valence-corrected chi connectivity index (χ1v) is 44.0. The maximum atomic E-state index is 13.1. The van der Waals surface area contributed by atoms with Gasteiger partial charge in [-0.1, -0.05) is 363 Å². The molecule has 0 rings (SSSR count). The van der Waals surface area contributed by atoms with E-state index in [1.807, 2.05) is 0 Å². The zero-order valence-electron chi connectivity index (χ0n) is 64.1. The number of carbonyl (C=O) groups is 4. The van der Waals surface area contributed by atoms with Gasteiger partial charge in [-0.15, -0.1) is 0 Å². The van der Waals surface area contributed by atoms with Crippen molar-refractivity contribution in [1.82, 2.24) is 0 Å². The van der Waals surface area contributed by atoms with E-state index in [-0.39, 0.29) is 25.7 Å². The lowest BCUT2D eigenvalue weighted by Crippen LogP contribution is -2.30. The van der Waals surface area contributed by atoms with Crippen LogP contribution in [-0.4, -0.2) is 96.7 Å². The van der Waals surface area contributed by atoms with Gasteiger partial charge in [0, 0.05) is 25.7 Å². The highest BCUT2D eigenvalue weighted by atomic mass is 31.2. The average molecular weight is 1440 g/mol. The van der Waals surface area contributed by atoms with Crippen LogP contribution in [0.5, 0.6) is 0 Å². The van der Waals surface area contributed by atoms with E-state index < -0.39 is 97.5 Å². The SMILES string of the molecule is CCCCCCCCCCCCCCCCCCCCCCC(=O)O[C@H](COC(=O)CCCCCCCCCCCCCCCC(C)C)COP(=O)(O)OC[C@@H](O)COP(=O)(O)OC[C@@H](COC(=O)CCCCCCCCCCCC)OC(=O)CCCCCCCCCCC(C)CC. The molecule has 0 aliphatic heterocycles. The highest BCUT2D eigenvalue weighted by Gasteiger charge is 2.30. The van der Waals surface area contributed by atoms with Crippen LogP contribution in [0, 0.1) is 11.8 Å². The Labute approximate surface area is 600 Å². The van der Waals surface area contributed by atoms with Gasteiger partial charge < -0.3 is 33.8 Å². The summed E-state index contributed by atoms with van der Waals surface area (Å²) in [6.07, 6.45) is 59.6. The van der Waals surface area contributed by atoms with Crippen molar-refractivity contribution in [2.45, 2.75) is 432 Å². The number of hydrogen-bond donors (Lipinski definition) is 3. The van der Waals surface area contributed by atoms with Gasteiger partial charge in [-0.2, -0.15) is 0 Å². The zero-order valence-corrected chi connectivity index (χ0v) is 65.9. The van der Waals surface area contributed by atoms with Gasteiger partial charge in [0.1, 0.15) is 19.3 Å². The third kappa shape index (κ3) is 71.1. The van der Waals surface area contributed by atoms with Crippen molar-refractivity contribution in [2.75, 3.05) is 39.6 Å². The number of phosphoric acid groups is 2. The Morgan fingerprint density at radius 3 is 0.776 bits per heavy atom. The first-order chi connectivity index (χ1) is 47.4. The summed E-state index contributed by atoms with van der Waals surface area (Å²) in [7, 11) is -9.91. The molecular weight excluding hydrogens is 1280 g/mol. The Kier molecular flexibility index (Phi) is 69.3. The molecular formula is C79H154O17P2. The molecule has 0 aromatic heterocycles. The standard InChI is InChI=1S/C79H154O17P2/c1-7-10-12-14-16-18-20-21-22-23-24-25-26-27-30-34-38-45-51-57-63-78(83)95-74(67-90-77(82)62-56-50-44-37-33-31-28-29-32-35-41-47-53-59-71(4)5)69-93-97(85,86)91-65-73(80)66-92-98(87,88)94-70-75(68-89-76(81)61-55-49-43-36-19-17-15-13-11-8-2)96-79(84)64-58-52-46-40-39-42-48-54-60-72(6)9-3/h71-75,80H,7-70H2,1-6H3,(H,85,86)(H,87,88)/t72?,73-,74-,75-/m1/s1. The van der Waals surface area contributed by atoms with Crippen molar-refractivity contribution in [3.8, 4) is 0 Å². The second kappa shape index (κ2) is 70.7. The van der Waals surface area contributed by atoms with E-state index in [0.717, 1.165) is 102 Å².